The predicted molar refractivity (Wildman–Crippen MR) is 146 cm³/mol. The molecule has 0 spiro atoms. The maximum atomic E-state index is 2.46. The fourth-order valence-corrected chi connectivity index (χ4v) is 6.56. The van der Waals surface area contributed by atoms with E-state index >= 15 is 0 Å². The Morgan fingerprint density at radius 3 is 1.97 bits per heavy atom. The number of rotatable bonds is 2. The summed E-state index contributed by atoms with van der Waals surface area (Å²) in [4.78, 5) is 0. The first kappa shape index (κ1) is 19.8. The largest absolute Gasteiger partial charge is 0.0839 e. The lowest BCUT2D eigenvalue weighted by Gasteiger charge is -2.34. The second-order valence-electron chi connectivity index (χ2n) is 9.91. The van der Waals surface area contributed by atoms with Crippen LogP contribution in [0.15, 0.2) is 120 Å². The standard InChI is InChI=1S/C34H28/c1-2-11-24(12-3-1)33-29-14-6-8-16-31(29)34(32-17-9-7-15-30(32)33)26-20-21-28-25(22-26)19-18-23-10-4-5-13-27(23)28/h1-4,6-12,14-17,20-21,25H,5,13,18-19,22H2. The summed E-state index contributed by atoms with van der Waals surface area (Å²) in [5, 5.41) is 5.45. The molecule has 0 heteroatoms. The van der Waals surface area contributed by atoms with Gasteiger partial charge in [-0.15, -0.1) is 0 Å². The van der Waals surface area contributed by atoms with Gasteiger partial charge in [0, 0.05) is 0 Å². The van der Waals surface area contributed by atoms with E-state index in [9.17, 15) is 0 Å². The van der Waals surface area contributed by atoms with Crippen molar-refractivity contribution >= 4 is 27.1 Å². The monoisotopic (exact) mass is 436 g/mol. The minimum absolute atomic E-state index is 0.650. The normalized spacial score (nSPS) is 19.6. The van der Waals surface area contributed by atoms with Crippen molar-refractivity contribution < 1.29 is 0 Å². The van der Waals surface area contributed by atoms with Crippen molar-refractivity contribution in [3.05, 3.63) is 125 Å². The minimum atomic E-state index is 0.650. The maximum absolute atomic E-state index is 2.46. The average molecular weight is 437 g/mol. The van der Waals surface area contributed by atoms with Crippen molar-refractivity contribution in [3.63, 3.8) is 0 Å². The van der Waals surface area contributed by atoms with Gasteiger partial charge < -0.3 is 0 Å². The SMILES string of the molecule is C1=CC2=C(CC1)C1=CC=C(c3c4ccccc4c(-c4ccccc4)c4ccccc34)CC1CC2. The molecule has 0 saturated heterocycles. The van der Waals surface area contributed by atoms with Crippen LogP contribution in [0, 0.1) is 5.92 Å². The highest BCUT2D eigenvalue weighted by Crippen LogP contribution is 2.48. The Kier molecular flexibility index (Phi) is 4.65. The van der Waals surface area contributed by atoms with Gasteiger partial charge in [0.2, 0.25) is 0 Å². The van der Waals surface area contributed by atoms with Crippen LogP contribution in [-0.4, -0.2) is 0 Å². The Balaban J connectivity index is 1.49. The third kappa shape index (κ3) is 3.06. The molecular weight excluding hydrogens is 408 g/mol. The predicted octanol–water partition coefficient (Wildman–Crippen LogP) is 9.43. The van der Waals surface area contributed by atoms with Crippen LogP contribution in [0.5, 0.6) is 0 Å². The smallest absolute Gasteiger partial charge is 0.00264 e. The summed E-state index contributed by atoms with van der Waals surface area (Å²) in [6, 6.07) is 28.9. The molecule has 0 aliphatic heterocycles. The number of allylic oxidation sites excluding steroid dienone is 8. The summed E-state index contributed by atoms with van der Waals surface area (Å²) < 4.78 is 0. The van der Waals surface area contributed by atoms with Crippen LogP contribution >= 0.6 is 0 Å². The zero-order chi connectivity index (χ0) is 22.5. The van der Waals surface area contributed by atoms with Crippen LogP contribution in [0.2, 0.25) is 0 Å². The van der Waals surface area contributed by atoms with Gasteiger partial charge in [0.25, 0.3) is 0 Å². The summed E-state index contributed by atoms with van der Waals surface area (Å²) in [5.74, 6) is 0.650. The highest BCUT2D eigenvalue weighted by molar-refractivity contribution is 6.18. The molecule has 0 fully saturated rings. The summed E-state index contributed by atoms with van der Waals surface area (Å²) >= 11 is 0. The van der Waals surface area contributed by atoms with Gasteiger partial charge >= 0.3 is 0 Å². The Hall–Kier alpha value is -3.64. The Morgan fingerprint density at radius 2 is 1.26 bits per heavy atom. The fraction of sp³-hybridized carbons (Fsp3) is 0.176. The first-order valence-electron chi connectivity index (χ1n) is 12.7. The zero-order valence-electron chi connectivity index (χ0n) is 19.4. The van der Waals surface area contributed by atoms with Crippen LogP contribution < -0.4 is 0 Å². The van der Waals surface area contributed by atoms with Crippen molar-refractivity contribution in [1.82, 2.24) is 0 Å². The molecule has 1 unspecified atom stereocenters. The Bertz CT molecular complexity index is 1500. The van der Waals surface area contributed by atoms with Gasteiger partial charge in [-0.1, -0.05) is 103 Å². The van der Waals surface area contributed by atoms with Gasteiger partial charge in [-0.05, 0) is 98.5 Å². The van der Waals surface area contributed by atoms with E-state index in [1.165, 1.54) is 69.5 Å². The number of hydrogen-bond acceptors (Lipinski definition) is 0. The molecule has 34 heavy (non-hydrogen) atoms. The molecule has 0 N–H and O–H groups in total. The fourth-order valence-electron chi connectivity index (χ4n) is 6.56. The van der Waals surface area contributed by atoms with Gasteiger partial charge in [0.1, 0.15) is 0 Å². The molecule has 3 aliphatic carbocycles. The summed E-state index contributed by atoms with van der Waals surface area (Å²) in [6.45, 7) is 0. The number of hydrogen-bond donors (Lipinski definition) is 0. The number of benzene rings is 4. The quantitative estimate of drug-likeness (QED) is 0.274. The van der Waals surface area contributed by atoms with Gasteiger partial charge in [0.05, 0.1) is 0 Å². The molecule has 0 bridgehead atoms. The van der Waals surface area contributed by atoms with E-state index in [-0.39, 0.29) is 0 Å². The topological polar surface area (TPSA) is 0 Å². The number of fused-ring (bicyclic) bond motifs is 4. The van der Waals surface area contributed by atoms with Crippen LogP contribution in [-0.2, 0) is 0 Å². The van der Waals surface area contributed by atoms with E-state index in [0.29, 0.717) is 5.92 Å². The molecule has 7 rings (SSSR count). The molecule has 0 radical (unpaired) electrons. The Labute approximate surface area is 201 Å². The highest BCUT2D eigenvalue weighted by atomic mass is 14.3. The van der Waals surface area contributed by atoms with Crippen molar-refractivity contribution in [3.8, 4) is 11.1 Å². The van der Waals surface area contributed by atoms with Gasteiger partial charge in [-0.2, -0.15) is 0 Å². The lowest BCUT2D eigenvalue weighted by molar-refractivity contribution is 0.544. The maximum Gasteiger partial charge on any atom is -0.00264 e. The summed E-state index contributed by atoms with van der Waals surface area (Å²) in [6.07, 6.45) is 15.7. The molecule has 3 aliphatic rings. The molecule has 0 heterocycles. The lowest BCUT2D eigenvalue weighted by Crippen LogP contribution is -2.18. The van der Waals surface area contributed by atoms with E-state index in [1.807, 2.05) is 0 Å². The van der Waals surface area contributed by atoms with E-state index in [1.54, 1.807) is 16.7 Å². The second kappa shape index (κ2) is 7.99. The lowest BCUT2D eigenvalue weighted by atomic mass is 9.70. The first-order valence-corrected chi connectivity index (χ1v) is 12.7. The Morgan fingerprint density at radius 1 is 0.618 bits per heavy atom. The van der Waals surface area contributed by atoms with Gasteiger partial charge in [-0.3, -0.25) is 0 Å². The molecule has 0 nitrogen and oxygen atoms in total. The third-order valence-corrected chi connectivity index (χ3v) is 8.06. The van der Waals surface area contributed by atoms with E-state index in [2.05, 4.69) is 103 Å². The minimum Gasteiger partial charge on any atom is -0.0839 e. The van der Waals surface area contributed by atoms with Crippen molar-refractivity contribution in [1.29, 1.82) is 0 Å². The van der Waals surface area contributed by atoms with Crippen molar-refractivity contribution in [2.75, 3.05) is 0 Å². The molecule has 4 aromatic carbocycles. The molecule has 0 saturated carbocycles. The van der Waals surface area contributed by atoms with Crippen molar-refractivity contribution in [2.24, 2.45) is 5.92 Å². The third-order valence-electron chi connectivity index (χ3n) is 8.06. The molecule has 0 amide bonds. The highest BCUT2D eigenvalue weighted by Gasteiger charge is 2.29. The van der Waals surface area contributed by atoms with E-state index in [0.717, 1.165) is 6.42 Å². The molecule has 1 atom stereocenters. The van der Waals surface area contributed by atoms with Crippen LogP contribution in [0.25, 0.3) is 38.2 Å². The summed E-state index contributed by atoms with van der Waals surface area (Å²) in [7, 11) is 0. The average Bonchev–Trinajstić information content (AvgIpc) is 2.91. The van der Waals surface area contributed by atoms with Crippen LogP contribution in [0.3, 0.4) is 0 Å². The molecule has 0 aromatic heterocycles. The molecule has 164 valence electrons. The van der Waals surface area contributed by atoms with E-state index in [4.69, 9.17) is 0 Å². The van der Waals surface area contributed by atoms with Gasteiger partial charge in [-0.25, -0.2) is 0 Å². The molecular formula is C34H28. The molecule has 4 aromatic rings. The first-order chi connectivity index (χ1) is 16.9. The van der Waals surface area contributed by atoms with Crippen molar-refractivity contribution in [2.45, 2.75) is 32.1 Å². The van der Waals surface area contributed by atoms with E-state index < -0.39 is 0 Å². The van der Waals surface area contributed by atoms with Crippen LogP contribution in [0.1, 0.15) is 37.7 Å². The zero-order valence-corrected chi connectivity index (χ0v) is 19.4. The van der Waals surface area contributed by atoms with Gasteiger partial charge in [0.15, 0.2) is 0 Å². The van der Waals surface area contributed by atoms with Crippen LogP contribution in [0.4, 0.5) is 0 Å². The second-order valence-corrected chi connectivity index (χ2v) is 9.91. The summed E-state index contributed by atoms with van der Waals surface area (Å²) in [5.41, 5.74) is 10.4.